The molecule has 0 unspecified atom stereocenters. The van der Waals surface area contributed by atoms with Gasteiger partial charge in [-0.25, -0.2) is 17.5 Å². The van der Waals surface area contributed by atoms with Crippen molar-refractivity contribution in [1.82, 2.24) is 14.5 Å². The summed E-state index contributed by atoms with van der Waals surface area (Å²) in [7, 11) is -3.47. The van der Waals surface area contributed by atoms with Crippen molar-refractivity contribution in [3.05, 3.63) is 35.9 Å². The predicted octanol–water partition coefficient (Wildman–Crippen LogP) is 0.865. The van der Waals surface area contributed by atoms with Crippen molar-refractivity contribution in [2.75, 3.05) is 26.0 Å². The number of carboxylic acid groups (broad SMARTS) is 1. The van der Waals surface area contributed by atoms with Crippen LogP contribution >= 0.6 is 0 Å². The average molecular weight is 510 g/mol. The first kappa shape index (κ1) is 27.1. The van der Waals surface area contributed by atoms with Crippen molar-refractivity contribution < 1.29 is 32.6 Å². The summed E-state index contributed by atoms with van der Waals surface area (Å²) < 4.78 is 30.7. The molecule has 10 nitrogen and oxygen atoms in total. The van der Waals surface area contributed by atoms with E-state index in [1.54, 1.807) is 13.8 Å². The van der Waals surface area contributed by atoms with Crippen molar-refractivity contribution in [2.24, 2.45) is 5.92 Å². The molecule has 2 saturated heterocycles. The topological polar surface area (TPSA) is 133 Å². The highest BCUT2D eigenvalue weighted by atomic mass is 32.2. The SMILES string of the molecule is CCOC(=O)[C@@H](CCc1ccccc1)N[C@H](C)C(=O)N1[C@H](C(=O)O)C[C@H]2CCN(S(C)(=O)=O)C[C@@H]21. The number of carboxylic acids is 1. The third-order valence-corrected chi connectivity index (χ3v) is 8.14. The number of fused-ring (bicyclic) bond motifs is 1. The Bertz CT molecular complexity index is 1020. The van der Waals surface area contributed by atoms with E-state index < -0.39 is 52.0 Å². The maximum atomic E-state index is 13.5. The fourth-order valence-electron chi connectivity index (χ4n) is 5.08. The molecule has 2 heterocycles. The number of aliphatic carboxylic acids is 1. The molecule has 2 aliphatic rings. The van der Waals surface area contributed by atoms with Gasteiger partial charge in [0, 0.05) is 19.1 Å². The molecule has 0 saturated carbocycles. The lowest BCUT2D eigenvalue weighted by molar-refractivity contribution is -0.152. The summed E-state index contributed by atoms with van der Waals surface area (Å²) in [6.07, 6.45) is 2.88. The second kappa shape index (κ2) is 11.5. The number of ether oxygens (including phenoxy) is 1. The number of benzene rings is 1. The standard InChI is InChI=1S/C24H35N3O7S/c1-4-34-24(31)19(11-10-17-8-6-5-7-9-17)25-16(2)22(28)27-20(23(29)30)14-18-12-13-26(15-21(18)27)35(3,32)33/h5-9,16,18-21,25H,4,10-15H2,1-3H3,(H,29,30)/t16-,18-,19-,20+,21+/m1/s1. The van der Waals surface area contributed by atoms with Crippen LogP contribution in [0.25, 0.3) is 0 Å². The molecule has 5 atom stereocenters. The number of aryl methyl sites for hydroxylation is 1. The quantitative estimate of drug-likeness (QED) is 0.444. The third kappa shape index (κ3) is 6.59. The van der Waals surface area contributed by atoms with Gasteiger partial charge in [0.05, 0.1) is 18.9 Å². The van der Waals surface area contributed by atoms with E-state index in [2.05, 4.69) is 5.32 Å². The maximum Gasteiger partial charge on any atom is 0.326 e. The monoisotopic (exact) mass is 509 g/mol. The number of sulfonamides is 1. The number of piperidine rings is 1. The molecule has 0 aliphatic carbocycles. The molecule has 1 aromatic rings. The van der Waals surface area contributed by atoms with Crippen LogP contribution in [0.5, 0.6) is 0 Å². The molecule has 2 fully saturated rings. The number of likely N-dealkylation sites (tertiary alicyclic amines) is 1. The molecule has 1 amide bonds. The summed E-state index contributed by atoms with van der Waals surface area (Å²) in [6, 6.07) is 6.45. The van der Waals surface area contributed by atoms with E-state index in [4.69, 9.17) is 4.74 Å². The van der Waals surface area contributed by atoms with Gasteiger partial charge in [-0.05, 0) is 51.0 Å². The Morgan fingerprint density at radius 1 is 1.23 bits per heavy atom. The number of nitrogens with one attached hydrogen (secondary N) is 1. The number of amides is 1. The zero-order valence-electron chi connectivity index (χ0n) is 20.4. The molecule has 11 heteroatoms. The lowest BCUT2D eigenvalue weighted by Crippen LogP contribution is -2.58. The van der Waals surface area contributed by atoms with E-state index in [1.807, 2.05) is 30.3 Å². The molecule has 0 bridgehead atoms. The van der Waals surface area contributed by atoms with Gasteiger partial charge >= 0.3 is 11.9 Å². The third-order valence-electron chi connectivity index (χ3n) is 6.87. The molecule has 1 aromatic carbocycles. The highest BCUT2D eigenvalue weighted by Crippen LogP contribution is 2.37. The van der Waals surface area contributed by atoms with Crippen LogP contribution in [0.15, 0.2) is 30.3 Å². The van der Waals surface area contributed by atoms with Crippen LogP contribution in [0.4, 0.5) is 0 Å². The number of carbonyl (C=O) groups excluding carboxylic acids is 2. The normalized spacial score (nSPS) is 24.4. The van der Waals surface area contributed by atoms with E-state index in [9.17, 15) is 27.9 Å². The Kier molecular flexibility index (Phi) is 8.89. The van der Waals surface area contributed by atoms with E-state index >= 15 is 0 Å². The first-order chi connectivity index (χ1) is 16.5. The number of rotatable bonds is 10. The molecule has 194 valence electrons. The van der Waals surface area contributed by atoms with Crippen LogP contribution in [0.1, 0.15) is 38.7 Å². The number of hydrogen-bond donors (Lipinski definition) is 2. The van der Waals surface area contributed by atoms with Crippen LogP contribution in [0, 0.1) is 5.92 Å². The van der Waals surface area contributed by atoms with Gasteiger partial charge in [-0.3, -0.25) is 14.9 Å². The van der Waals surface area contributed by atoms with Crippen LogP contribution in [0.2, 0.25) is 0 Å². The molecule has 2 aliphatic heterocycles. The van der Waals surface area contributed by atoms with Crippen LogP contribution in [-0.4, -0.2) is 90.7 Å². The van der Waals surface area contributed by atoms with Crippen molar-refractivity contribution in [3.8, 4) is 0 Å². The first-order valence-corrected chi connectivity index (χ1v) is 13.8. The van der Waals surface area contributed by atoms with E-state index in [0.717, 1.165) is 11.8 Å². The summed E-state index contributed by atoms with van der Waals surface area (Å²) in [5.41, 5.74) is 1.04. The fourth-order valence-corrected chi connectivity index (χ4v) is 5.94. The van der Waals surface area contributed by atoms with Gasteiger partial charge in [0.1, 0.15) is 12.1 Å². The van der Waals surface area contributed by atoms with Gasteiger partial charge in [0.25, 0.3) is 0 Å². The minimum absolute atomic E-state index is 0.0705. The molecular weight excluding hydrogens is 474 g/mol. The smallest absolute Gasteiger partial charge is 0.326 e. The van der Waals surface area contributed by atoms with Gasteiger partial charge in [0.15, 0.2) is 0 Å². The van der Waals surface area contributed by atoms with Crippen molar-refractivity contribution in [2.45, 2.75) is 63.7 Å². The number of esters is 1. The Morgan fingerprint density at radius 2 is 1.91 bits per heavy atom. The van der Waals surface area contributed by atoms with E-state index in [1.165, 1.54) is 9.21 Å². The lowest BCUT2D eigenvalue weighted by atomic mass is 9.92. The van der Waals surface area contributed by atoms with Gasteiger partial charge in [0.2, 0.25) is 15.9 Å². The highest BCUT2D eigenvalue weighted by molar-refractivity contribution is 7.88. The van der Waals surface area contributed by atoms with Crippen molar-refractivity contribution in [3.63, 3.8) is 0 Å². The lowest BCUT2D eigenvalue weighted by Gasteiger charge is -2.39. The summed E-state index contributed by atoms with van der Waals surface area (Å²) in [5.74, 6) is -2.14. The molecule has 0 spiro atoms. The summed E-state index contributed by atoms with van der Waals surface area (Å²) >= 11 is 0. The summed E-state index contributed by atoms with van der Waals surface area (Å²) in [4.78, 5) is 39.5. The van der Waals surface area contributed by atoms with Crippen LogP contribution < -0.4 is 5.32 Å². The summed E-state index contributed by atoms with van der Waals surface area (Å²) in [5, 5.41) is 12.9. The molecule has 0 radical (unpaired) electrons. The zero-order chi connectivity index (χ0) is 25.8. The molecule has 2 N–H and O–H groups in total. The maximum absolute atomic E-state index is 13.5. The first-order valence-electron chi connectivity index (χ1n) is 12.0. The average Bonchev–Trinajstić information content (AvgIpc) is 3.20. The number of hydrogen-bond acceptors (Lipinski definition) is 7. The van der Waals surface area contributed by atoms with Crippen LogP contribution in [0.3, 0.4) is 0 Å². The Labute approximate surface area is 206 Å². The van der Waals surface area contributed by atoms with Crippen molar-refractivity contribution in [1.29, 1.82) is 0 Å². The number of carbonyl (C=O) groups is 3. The fraction of sp³-hybridized carbons (Fsp3) is 0.625. The minimum atomic E-state index is -3.47. The van der Waals surface area contributed by atoms with Crippen LogP contribution in [-0.2, 0) is 35.6 Å². The summed E-state index contributed by atoms with van der Waals surface area (Å²) in [6.45, 7) is 3.89. The highest BCUT2D eigenvalue weighted by Gasteiger charge is 2.50. The van der Waals surface area contributed by atoms with E-state index in [0.29, 0.717) is 25.8 Å². The predicted molar refractivity (Wildman–Crippen MR) is 129 cm³/mol. The largest absolute Gasteiger partial charge is 0.480 e. The van der Waals surface area contributed by atoms with Gasteiger partial charge < -0.3 is 14.7 Å². The second-order valence-electron chi connectivity index (χ2n) is 9.29. The zero-order valence-corrected chi connectivity index (χ0v) is 21.2. The number of nitrogens with zero attached hydrogens (tertiary/aromatic N) is 2. The molecule has 3 rings (SSSR count). The van der Waals surface area contributed by atoms with Crippen molar-refractivity contribution >= 4 is 27.9 Å². The minimum Gasteiger partial charge on any atom is -0.480 e. The van der Waals surface area contributed by atoms with Gasteiger partial charge in [-0.2, -0.15) is 0 Å². The Balaban J connectivity index is 1.76. The second-order valence-corrected chi connectivity index (χ2v) is 11.3. The molecular formula is C24H35N3O7S. The molecule has 35 heavy (non-hydrogen) atoms. The van der Waals surface area contributed by atoms with Gasteiger partial charge in [-0.1, -0.05) is 30.3 Å². The van der Waals surface area contributed by atoms with E-state index in [-0.39, 0.29) is 25.5 Å². The van der Waals surface area contributed by atoms with Gasteiger partial charge in [-0.15, -0.1) is 0 Å². The Morgan fingerprint density at radius 3 is 2.51 bits per heavy atom. The molecule has 0 aromatic heterocycles. The Hall–Kier alpha value is -2.50.